The van der Waals surface area contributed by atoms with Gasteiger partial charge in [-0.3, -0.25) is 9.78 Å². The molecule has 0 saturated carbocycles. The summed E-state index contributed by atoms with van der Waals surface area (Å²) in [6, 6.07) is 7.42. The van der Waals surface area contributed by atoms with Crippen LogP contribution in [0.3, 0.4) is 0 Å². The van der Waals surface area contributed by atoms with Gasteiger partial charge in [0.1, 0.15) is 17.3 Å². The van der Waals surface area contributed by atoms with Crippen molar-refractivity contribution in [1.29, 1.82) is 0 Å². The van der Waals surface area contributed by atoms with E-state index in [1.54, 1.807) is 24.3 Å². The van der Waals surface area contributed by atoms with Crippen LogP contribution in [0.15, 0.2) is 57.8 Å². The van der Waals surface area contributed by atoms with Gasteiger partial charge in [0.05, 0.1) is 23.0 Å². The van der Waals surface area contributed by atoms with Crippen LogP contribution in [0.1, 0.15) is 39.4 Å². The first-order chi connectivity index (χ1) is 17.3. The van der Waals surface area contributed by atoms with Gasteiger partial charge in [0.2, 0.25) is 0 Å². The second-order valence-corrected chi connectivity index (χ2v) is 8.04. The van der Waals surface area contributed by atoms with Gasteiger partial charge in [0.15, 0.2) is 11.6 Å². The molecule has 1 aromatic carbocycles. The predicted octanol–water partition coefficient (Wildman–Crippen LogP) is 4.55. The number of benzene rings is 1. The van der Waals surface area contributed by atoms with Gasteiger partial charge in [-0.25, -0.2) is 9.37 Å². The number of hydrogen-bond donors (Lipinski definition) is 1. The lowest BCUT2D eigenvalue weighted by molar-refractivity contribution is -0.137. The Morgan fingerprint density at radius 3 is 2.67 bits per heavy atom. The molecule has 1 amide bonds. The van der Waals surface area contributed by atoms with E-state index in [-0.39, 0.29) is 29.3 Å². The first-order valence-corrected chi connectivity index (χ1v) is 10.7. The number of furan rings is 1. The average molecular weight is 498 g/mol. The number of fused-ring (bicyclic) bond motifs is 2. The van der Waals surface area contributed by atoms with Crippen LogP contribution >= 0.6 is 0 Å². The molecule has 0 aliphatic carbocycles. The standard InChI is InChI=1S/C23H14F4N6O3/c24-16-12-3-1-2-4-15(12)35-19(16)18-17-13(29-10-30-17)7-8-33(18)22(34)21-32-31-20(36-21)14-6-5-11(9-28-14)23(25,26)27/h1-6,9-10,18H,7-8H2,(H,29,30)/t18-/m0/s1. The van der Waals surface area contributed by atoms with Crippen LogP contribution in [-0.2, 0) is 12.6 Å². The Morgan fingerprint density at radius 1 is 1.08 bits per heavy atom. The number of nitrogens with one attached hydrogen (secondary N) is 1. The van der Waals surface area contributed by atoms with Gasteiger partial charge >= 0.3 is 18.0 Å². The van der Waals surface area contributed by atoms with Crippen molar-refractivity contribution < 1.29 is 31.2 Å². The summed E-state index contributed by atoms with van der Waals surface area (Å²) in [6.45, 7) is 0.158. The summed E-state index contributed by atoms with van der Waals surface area (Å²) >= 11 is 0. The Morgan fingerprint density at radius 2 is 1.92 bits per heavy atom. The van der Waals surface area contributed by atoms with Crippen LogP contribution in [-0.4, -0.2) is 42.5 Å². The molecule has 36 heavy (non-hydrogen) atoms. The van der Waals surface area contributed by atoms with E-state index in [0.29, 0.717) is 23.9 Å². The summed E-state index contributed by atoms with van der Waals surface area (Å²) in [5.41, 5.74) is 0.470. The maximum absolute atomic E-state index is 15.4. The molecule has 1 aliphatic heterocycles. The molecule has 0 bridgehead atoms. The number of alkyl halides is 3. The van der Waals surface area contributed by atoms with Crippen molar-refractivity contribution in [2.45, 2.75) is 18.6 Å². The number of pyridine rings is 1. The molecule has 13 heteroatoms. The largest absolute Gasteiger partial charge is 0.455 e. The van der Waals surface area contributed by atoms with Crippen LogP contribution < -0.4 is 0 Å². The molecule has 0 unspecified atom stereocenters. The van der Waals surface area contributed by atoms with Crippen molar-refractivity contribution in [2.24, 2.45) is 0 Å². The molecule has 0 saturated heterocycles. The molecule has 182 valence electrons. The maximum atomic E-state index is 15.4. The fourth-order valence-corrected chi connectivity index (χ4v) is 4.19. The number of amides is 1. The molecule has 0 spiro atoms. The van der Waals surface area contributed by atoms with E-state index in [1.807, 2.05) is 0 Å². The summed E-state index contributed by atoms with van der Waals surface area (Å²) in [5.74, 6) is -2.12. The highest BCUT2D eigenvalue weighted by Gasteiger charge is 2.40. The summed E-state index contributed by atoms with van der Waals surface area (Å²) < 4.78 is 65.1. The van der Waals surface area contributed by atoms with Gasteiger partial charge in [-0.1, -0.05) is 12.1 Å². The van der Waals surface area contributed by atoms with Gasteiger partial charge in [0, 0.05) is 24.9 Å². The molecular weight excluding hydrogens is 484 g/mol. The molecule has 1 aliphatic rings. The van der Waals surface area contributed by atoms with Crippen LogP contribution in [0, 0.1) is 5.82 Å². The zero-order valence-electron chi connectivity index (χ0n) is 18.1. The van der Waals surface area contributed by atoms with E-state index in [2.05, 4.69) is 25.1 Å². The third-order valence-corrected chi connectivity index (χ3v) is 5.91. The molecule has 0 fully saturated rings. The lowest BCUT2D eigenvalue weighted by Gasteiger charge is -2.32. The fraction of sp³-hybridized carbons (Fsp3) is 0.174. The fourth-order valence-electron chi connectivity index (χ4n) is 4.19. The van der Waals surface area contributed by atoms with Crippen LogP contribution in [0.5, 0.6) is 0 Å². The van der Waals surface area contributed by atoms with E-state index in [1.165, 1.54) is 11.2 Å². The quantitative estimate of drug-likeness (QED) is 0.363. The number of carbonyl (C=O) groups excluding carboxylic acids is 1. The SMILES string of the molecule is O=C(c1nnc(-c2ccc(C(F)(F)F)cn2)o1)N1CCc2[nH]cnc2[C@H]1c1oc2ccccc2c1F. The Kier molecular flexibility index (Phi) is 4.88. The van der Waals surface area contributed by atoms with E-state index >= 15 is 4.39 Å². The number of para-hydroxylation sites is 1. The second-order valence-electron chi connectivity index (χ2n) is 8.04. The number of imidazole rings is 1. The number of aromatic nitrogens is 5. The number of halogens is 4. The Hall–Kier alpha value is -4.55. The van der Waals surface area contributed by atoms with Crippen LogP contribution in [0.4, 0.5) is 17.6 Å². The van der Waals surface area contributed by atoms with E-state index < -0.39 is 35.4 Å². The number of rotatable bonds is 3. The topological polar surface area (TPSA) is 114 Å². The van der Waals surface area contributed by atoms with Crippen LogP contribution in [0.25, 0.3) is 22.6 Å². The normalized spacial score (nSPS) is 15.9. The lowest BCUT2D eigenvalue weighted by atomic mass is 9.99. The van der Waals surface area contributed by atoms with E-state index in [9.17, 15) is 18.0 Å². The zero-order valence-corrected chi connectivity index (χ0v) is 18.1. The Balaban J connectivity index is 1.36. The van der Waals surface area contributed by atoms with Crippen molar-refractivity contribution in [2.75, 3.05) is 6.54 Å². The minimum absolute atomic E-state index is 0.0392. The first kappa shape index (κ1) is 21.9. The summed E-state index contributed by atoms with van der Waals surface area (Å²) in [4.78, 5) is 25.7. The van der Waals surface area contributed by atoms with Crippen molar-refractivity contribution >= 4 is 16.9 Å². The van der Waals surface area contributed by atoms with Crippen molar-refractivity contribution in [3.8, 4) is 11.6 Å². The molecule has 5 heterocycles. The Bertz CT molecular complexity index is 1590. The predicted molar refractivity (Wildman–Crippen MR) is 114 cm³/mol. The number of H-pyrrole nitrogens is 1. The molecule has 9 nitrogen and oxygen atoms in total. The zero-order chi connectivity index (χ0) is 25.0. The molecule has 1 N–H and O–H groups in total. The molecular formula is C23H14F4N6O3. The van der Waals surface area contributed by atoms with Gasteiger partial charge in [-0.2, -0.15) is 13.2 Å². The number of nitrogens with zero attached hydrogens (tertiary/aromatic N) is 5. The van der Waals surface area contributed by atoms with Gasteiger partial charge < -0.3 is 18.7 Å². The Labute approximate surface area is 198 Å². The van der Waals surface area contributed by atoms with Crippen molar-refractivity contribution in [3.63, 3.8) is 0 Å². The van der Waals surface area contributed by atoms with Crippen molar-refractivity contribution in [1.82, 2.24) is 30.0 Å². The minimum Gasteiger partial charge on any atom is -0.455 e. The highest BCUT2D eigenvalue weighted by molar-refractivity contribution is 5.90. The number of aromatic amines is 1. The van der Waals surface area contributed by atoms with E-state index in [0.717, 1.165) is 17.8 Å². The third kappa shape index (κ3) is 3.51. The van der Waals surface area contributed by atoms with Gasteiger partial charge in [0.25, 0.3) is 5.89 Å². The van der Waals surface area contributed by atoms with Crippen LogP contribution in [0.2, 0.25) is 0 Å². The summed E-state index contributed by atoms with van der Waals surface area (Å²) in [5, 5.41) is 7.76. The average Bonchev–Trinajstić information content (AvgIpc) is 3.62. The maximum Gasteiger partial charge on any atom is 0.417 e. The lowest BCUT2D eigenvalue weighted by Crippen LogP contribution is -2.41. The number of carbonyl (C=O) groups is 1. The molecule has 0 radical (unpaired) electrons. The van der Waals surface area contributed by atoms with Gasteiger partial charge in [-0.05, 0) is 24.3 Å². The molecule has 1 atom stereocenters. The summed E-state index contributed by atoms with van der Waals surface area (Å²) in [6.07, 6.45) is -2.07. The second kappa shape index (κ2) is 8.00. The van der Waals surface area contributed by atoms with E-state index in [4.69, 9.17) is 8.83 Å². The monoisotopic (exact) mass is 498 g/mol. The smallest absolute Gasteiger partial charge is 0.417 e. The molecule has 5 aromatic rings. The highest BCUT2D eigenvalue weighted by atomic mass is 19.4. The molecule has 4 aromatic heterocycles. The highest BCUT2D eigenvalue weighted by Crippen LogP contribution is 2.39. The number of hydrogen-bond acceptors (Lipinski definition) is 7. The van der Waals surface area contributed by atoms with Gasteiger partial charge in [-0.15, -0.1) is 10.2 Å². The summed E-state index contributed by atoms with van der Waals surface area (Å²) in [7, 11) is 0. The first-order valence-electron chi connectivity index (χ1n) is 10.7. The minimum atomic E-state index is -4.55. The third-order valence-electron chi connectivity index (χ3n) is 5.91. The van der Waals surface area contributed by atoms with Crippen molar-refractivity contribution in [3.05, 3.63) is 83.3 Å². The molecule has 6 rings (SSSR count).